The van der Waals surface area contributed by atoms with Crippen LogP contribution in [0.3, 0.4) is 0 Å². The third-order valence-electron chi connectivity index (χ3n) is 4.57. The summed E-state index contributed by atoms with van der Waals surface area (Å²) in [6.07, 6.45) is 0. The Labute approximate surface area is 152 Å². The van der Waals surface area contributed by atoms with Gasteiger partial charge >= 0.3 is 0 Å². The number of benzene rings is 3. The Morgan fingerprint density at radius 2 is 1.42 bits per heavy atom. The van der Waals surface area contributed by atoms with Gasteiger partial charge in [-0.05, 0) is 42.8 Å². The molecule has 1 heterocycles. The molecule has 0 aliphatic carbocycles. The van der Waals surface area contributed by atoms with Crippen molar-refractivity contribution in [2.75, 3.05) is 0 Å². The van der Waals surface area contributed by atoms with Crippen LogP contribution in [0.4, 0.5) is 0 Å². The number of hydrogen-bond acceptors (Lipinski definition) is 2. The van der Waals surface area contributed by atoms with Crippen LogP contribution in [-0.4, -0.2) is 17.5 Å². The van der Waals surface area contributed by atoms with E-state index in [-0.39, 0.29) is 4.90 Å². The molecule has 0 fully saturated rings. The van der Waals surface area contributed by atoms with Gasteiger partial charge in [-0.25, -0.2) is 0 Å². The maximum atomic E-state index is 11.3. The summed E-state index contributed by atoms with van der Waals surface area (Å²) in [5.41, 5.74) is 5.18. The predicted molar refractivity (Wildman–Crippen MR) is 103 cm³/mol. The molecule has 0 atom stereocenters. The highest BCUT2D eigenvalue weighted by Gasteiger charge is 2.17. The lowest BCUT2D eigenvalue weighted by molar-refractivity contribution is 0.483. The maximum absolute atomic E-state index is 11.3. The van der Waals surface area contributed by atoms with E-state index < -0.39 is 10.1 Å². The first-order chi connectivity index (χ1) is 12.5. The molecule has 130 valence electrons. The fourth-order valence-electron chi connectivity index (χ4n) is 3.44. The van der Waals surface area contributed by atoms with Gasteiger partial charge in [-0.2, -0.15) is 8.42 Å². The second-order valence-electron chi connectivity index (χ2n) is 6.15. The van der Waals surface area contributed by atoms with Crippen LogP contribution in [-0.2, 0) is 10.1 Å². The number of nitrogens with zero attached hydrogens (tertiary/aromatic N) is 1. The van der Waals surface area contributed by atoms with E-state index in [4.69, 9.17) is 0 Å². The smallest absolute Gasteiger partial charge is 0.294 e. The van der Waals surface area contributed by atoms with Crippen LogP contribution in [0, 0.1) is 6.92 Å². The van der Waals surface area contributed by atoms with Crippen molar-refractivity contribution in [3.05, 3.63) is 84.6 Å². The fraction of sp³-hybridized carbons (Fsp3) is 0.0476. The van der Waals surface area contributed by atoms with E-state index in [0.29, 0.717) is 0 Å². The molecule has 26 heavy (non-hydrogen) atoms. The van der Waals surface area contributed by atoms with Gasteiger partial charge in [-0.15, -0.1) is 0 Å². The summed E-state index contributed by atoms with van der Waals surface area (Å²) in [5, 5.41) is 1.09. The number of fused-ring (bicyclic) bond motifs is 1. The molecule has 0 bridgehead atoms. The average Bonchev–Trinajstić information content (AvgIpc) is 2.93. The summed E-state index contributed by atoms with van der Waals surface area (Å²) in [7, 11) is -4.20. The molecule has 0 amide bonds. The van der Waals surface area contributed by atoms with Crippen molar-refractivity contribution < 1.29 is 13.0 Å². The van der Waals surface area contributed by atoms with Crippen molar-refractivity contribution in [2.24, 2.45) is 0 Å². The van der Waals surface area contributed by atoms with E-state index in [9.17, 15) is 13.0 Å². The minimum atomic E-state index is -4.20. The fourth-order valence-corrected chi connectivity index (χ4v) is 3.92. The summed E-state index contributed by atoms with van der Waals surface area (Å²) in [6, 6.07) is 24.6. The largest absolute Gasteiger partial charge is 0.313 e. The van der Waals surface area contributed by atoms with Gasteiger partial charge in [0, 0.05) is 22.3 Å². The van der Waals surface area contributed by atoms with E-state index in [1.54, 1.807) is 12.1 Å². The van der Waals surface area contributed by atoms with Gasteiger partial charge in [0.15, 0.2) is 0 Å². The zero-order valence-corrected chi connectivity index (χ0v) is 14.9. The molecule has 4 aromatic rings. The third-order valence-corrected chi connectivity index (χ3v) is 5.43. The number of hydrogen-bond donors (Lipinski definition) is 1. The summed E-state index contributed by atoms with van der Waals surface area (Å²) in [6.45, 7) is 2.05. The molecule has 0 saturated heterocycles. The van der Waals surface area contributed by atoms with Crippen molar-refractivity contribution >= 4 is 21.0 Å². The minimum Gasteiger partial charge on any atom is -0.313 e. The van der Waals surface area contributed by atoms with Crippen LogP contribution in [0.15, 0.2) is 83.8 Å². The van der Waals surface area contributed by atoms with Gasteiger partial charge < -0.3 is 4.57 Å². The molecule has 0 saturated carbocycles. The molecule has 3 aromatic carbocycles. The topological polar surface area (TPSA) is 59.3 Å². The van der Waals surface area contributed by atoms with Crippen LogP contribution >= 0.6 is 0 Å². The van der Waals surface area contributed by atoms with Gasteiger partial charge in [0.05, 0.1) is 10.4 Å². The van der Waals surface area contributed by atoms with Crippen LogP contribution < -0.4 is 0 Å². The summed E-state index contributed by atoms with van der Waals surface area (Å²) < 4.78 is 34.0. The molecule has 0 spiro atoms. The normalized spacial score (nSPS) is 11.8. The number of aromatic nitrogens is 1. The Balaban J connectivity index is 1.98. The summed E-state index contributed by atoms with van der Waals surface area (Å²) in [5.74, 6) is 0. The van der Waals surface area contributed by atoms with E-state index in [1.807, 2.05) is 30.3 Å². The maximum Gasteiger partial charge on any atom is 0.294 e. The van der Waals surface area contributed by atoms with E-state index >= 15 is 0 Å². The Morgan fingerprint density at radius 1 is 0.808 bits per heavy atom. The first-order valence-corrected chi connectivity index (χ1v) is 9.64. The van der Waals surface area contributed by atoms with Gasteiger partial charge in [0.2, 0.25) is 0 Å². The monoisotopic (exact) mass is 363 g/mol. The van der Waals surface area contributed by atoms with Crippen molar-refractivity contribution in [1.82, 2.24) is 4.57 Å². The number of para-hydroxylation sites is 2. The lowest BCUT2D eigenvalue weighted by Crippen LogP contribution is -1.98. The standard InChI is InChI=1S/C21H17NO3S/c1-15-21(16-11-13-18(14-12-16)26(23,24)25)19-9-5-6-10-20(19)22(15)17-7-3-2-4-8-17/h2-14H,1H3,(H,23,24,25). The Hall–Kier alpha value is -2.89. The number of rotatable bonds is 3. The SMILES string of the molecule is Cc1c(-c2ccc(S(=O)(=O)O)cc2)c2ccccc2n1-c1ccccc1. The molecule has 0 radical (unpaired) electrons. The summed E-state index contributed by atoms with van der Waals surface area (Å²) >= 11 is 0. The van der Waals surface area contributed by atoms with Crippen LogP contribution in [0.5, 0.6) is 0 Å². The van der Waals surface area contributed by atoms with Crippen molar-refractivity contribution in [2.45, 2.75) is 11.8 Å². The molecule has 0 aliphatic rings. The lowest BCUT2D eigenvalue weighted by atomic mass is 10.0. The highest BCUT2D eigenvalue weighted by atomic mass is 32.2. The van der Waals surface area contributed by atoms with Crippen molar-refractivity contribution in [3.63, 3.8) is 0 Å². The highest BCUT2D eigenvalue weighted by Crippen LogP contribution is 2.36. The molecule has 4 rings (SSSR count). The first kappa shape index (κ1) is 16.6. The molecular formula is C21H17NO3S. The van der Waals surface area contributed by atoms with Crippen molar-refractivity contribution in [1.29, 1.82) is 0 Å². The van der Waals surface area contributed by atoms with Gasteiger partial charge in [0.1, 0.15) is 0 Å². The second-order valence-corrected chi connectivity index (χ2v) is 7.57. The molecule has 0 aliphatic heterocycles. The van der Waals surface area contributed by atoms with Crippen LogP contribution in [0.25, 0.3) is 27.7 Å². The van der Waals surface area contributed by atoms with Crippen molar-refractivity contribution in [3.8, 4) is 16.8 Å². The zero-order chi connectivity index (χ0) is 18.3. The van der Waals surface area contributed by atoms with E-state index in [0.717, 1.165) is 33.4 Å². The predicted octanol–water partition coefficient (Wildman–Crippen LogP) is 4.85. The van der Waals surface area contributed by atoms with Crippen LogP contribution in [0.1, 0.15) is 5.69 Å². The Kier molecular flexibility index (Phi) is 3.90. The molecule has 0 unspecified atom stereocenters. The van der Waals surface area contributed by atoms with Gasteiger partial charge in [-0.3, -0.25) is 4.55 Å². The van der Waals surface area contributed by atoms with E-state index in [1.165, 1.54) is 12.1 Å². The lowest BCUT2D eigenvalue weighted by Gasteiger charge is -2.09. The quantitative estimate of drug-likeness (QED) is 0.529. The highest BCUT2D eigenvalue weighted by molar-refractivity contribution is 7.85. The first-order valence-electron chi connectivity index (χ1n) is 8.20. The average molecular weight is 363 g/mol. The Morgan fingerprint density at radius 3 is 2.08 bits per heavy atom. The molecular weight excluding hydrogens is 346 g/mol. The zero-order valence-electron chi connectivity index (χ0n) is 14.1. The van der Waals surface area contributed by atoms with E-state index in [2.05, 4.69) is 35.8 Å². The van der Waals surface area contributed by atoms with Crippen LogP contribution in [0.2, 0.25) is 0 Å². The summed E-state index contributed by atoms with van der Waals surface area (Å²) in [4.78, 5) is -0.106. The second kappa shape index (κ2) is 6.12. The Bertz CT molecular complexity index is 1190. The molecule has 1 aromatic heterocycles. The minimum absolute atomic E-state index is 0.106. The molecule has 4 nitrogen and oxygen atoms in total. The van der Waals surface area contributed by atoms with Gasteiger partial charge in [0.25, 0.3) is 10.1 Å². The third kappa shape index (κ3) is 2.71. The molecule has 5 heteroatoms. The van der Waals surface area contributed by atoms with Gasteiger partial charge in [-0.1, -0.05) is 48.5 Å². The molecule has 1 N–H and O–H groups in total.